The fraction of sp³-hybridized carbons (Fsp3) is 0.471. The van der Waals surface area contributed by atoms with Crippen LogP contribution >= 0.6 is 15.9 Å². The van der Waals surface area contributed by atoms with E-state index in [2.05, 4.69) is 33.5 Å². The van der Waals surface area contributed by atoms with Gasteiger partial charge in [0.25, 0.3) is 11.8 Å². The third-order valence-corrected chi connectivity index (χ3v) is 3.78. The molecule has 0 radical (unpaired) electrons. The number of unbranched alkanes of at least 4 members (excludes halogenated alkanes) is 2. The lowest BCUT2D eigenvalue weighted by molar-refractivity contribution is -0.150. The fourth-order valence-electron chi connectivity index (χ4n) is 1.86. The van der Waals surface area contributed by atoms with Gasteiger partial charge in [0, 0.05) is 16.6 Å². The zero-order chi connectivity index (χ0) is 17.9. The van der Waals surface area contributed by atoms with Gasteiger partial charge < -0.3 is 15.4 Å². The molecule has 0 aliphatic rings. The summed E-state index contributed by atoms with van der Waals surface area (Å²) in [5, 5.41) is 5.21. The predicted octanol–water partition coefficient (Wildman–Crippen LogP) is 2.42. The molecule has 0 saturated heterocycles. The molecule has 6 nitrogen and oxygen atoms in total. The summed E-state index contributed by atoms with van der Waals surface area (Å²) in [4.78, 5) is 35.3. The molecule has 1 rings (SSSR count). The van der Waals surface area contributed by atoms with Crippen molar-refractivity contribution in [2.24, 2.45) is 0 Å². The Morgan fingerprint density at radius 3 is 2.46 bits per heavy atom. The van der Waals surface area contributed by atoms with E-state index in [4.69, 9.17) is 4.74 Å². The van der Waals surface area contributed by atoms with E-state index in [1.807, 2.05) is 0 Å². The molecule has 1 aromatic carbocycles. The molecule has 1 atom stereocenters. The van der Waals surface area contributed by atoms with Crippen LogP contribution < -0.4 is 10.6 Å². The van der Waals surface area contributed by atoms with Gasteiger partial charge in [0.2, 0.25) is 0 Å². The van der Waals surface area contributed by atoms with Crippen molar-refractivity contribution in [1.82, 2.24) is 10.6 Å². The maximum Gasteiger partial charge on any atom is 0.328 e. The molecule has 0 fully saturated rings. The summed E-state index contributed by atoms with van der Waals surface area (Å²) in [6.07, 6.45) is 3.01. The van der Waals surface area contributed by atoms with Gasteiger partial charge in [0.15, 0.2) is 6.61 Å². The molecule has 0 saturated carbocycles. The summed E-state index contributed by atoms with van der Waals surface area (Å²) in [7, 11) is 0. The van der Waals surface area contributed by atoms with Crippen molar-refractivity contribution in [1.29, 1.82) is 0 Å². The first-order valence-corrected chi connectivity index (χ1v) is 8.73. The van der Waals surface area contributed by atoms with Crippen LogP contribution in [0, 0.1) is 0 Å². The zero-order valence-corrected chi connectivity index (χ0v) is 15.5. The summed E-state index contributed by atoms with van der Waals surface area (Å²) in [5.41, 5.74) is 0.437. The SMILES string of the molecule is CCCCCNC(=O)COC(=O)[C@H](C)NC(=O)c1ccc(Br)cc1. The molecule has 0 aliphatic carbocycles. The Hall–Kier alpha value is -1.89. The Kier molecular flexibility index (Phi) is 9.07. The minimum atomic E-state index is -0.839. The summed E-state index contributed by atoms with van der Waals surface area (Å²) >= 11 is 3.29. The van der Waals surface area contributed by atoms with E-state index >= 15 is 0 Å². The topological polar surface area (TPSA) is 84.5 Å². The first kappa shape index (κ1) is 20.2. The lowest BCUT2D eigenvalue weighted by Gasteiger charge is -2.13. The standard InChI is InChI=1S/C17H23BrN2O4/c1-3-4-5-10-19-15(21)11-24-17(23)12(2)20-16(22)13-6-8-14(18)9-7-13/h6-9,12H,3-5,10-11H2,1-2H3,(H,19,21)(H,20,22)/t12-/m0/s1. The van der Waals surface area contributed by atoms with Gasteiger partial charge >= 0.3 is 5.97 Å². The van der Waals surface area contributed by atoms with Crippen molar-refractivity contribution in [2.75, 3.05) is 13.2 Å². The molecule has 2 amide bonds. The van der Waals surface area contributed by atoms with Crippen LogP contribution in [0.25, 0.3) is 0 Å². The van der Waals surface area contributed by atoms with Gasteiger partial charge in [-0.2, -0.15) is 0 Å². The van der Waals surface area contributed by atoms with Crippen molar-refractivity contribution >= 4 is 33.7 Å². The van der Waals surface area contributed by atoms with Gasteiger partial charge in [0.05, 0.1) is 0 Å². The first-order chi connectivity index (χ1) is 11.4. The third-order valence-electron chi connectivity index (χ3n) is 3.26. The number of esters is 1. The number of carbonyl (C=O) groups is 3. The van der Waals surface area contributed by atoms with Gasteiger partial charge in [-0.25, -0.2) is 4.79 Å². The van der Waals surface area contributed by atoms with Gasteiger partial charge in [-0.3, -0.25) is 9.59 Å². The Bertz CT molecular complexity index is 560. The van der Waals surface area contributed by atoms with Gasteiger partial charge in [0.1, 0.15) is 6.04 Å². The van der Waals surface area contributed by atoms with E-state index in [0.29, 0.717) is 12.1 Å². The molecule has 0 bridgehead atoms. The summed E-state index contributed by atoms with van der Waals surface area (Å²) in [5.74, 6) is -1.37. The normalized spacial score (nSPS) is 11.5. The Morgan fingerprint density at radius 2 is 1.83 bits per heavy atom. The number of carbonyl (C=O) groups excluding carboxylic acids is 3. The second-order valence-electron chi connectivity index (χ2n) is 5.37. The van der Waals surface area contributed by atoms with Crippen LogP contribution in [0.3, 0.4) is 0 Å². The van der Waals surface area contributed by atoms with Crippen molar-refractivity contribution < 1.29 is 19.1 Å². The zero-order valence-electron chi connectivity index (χ0n) is 13.9. The van der Waals surface area contributed by atoms with Gasteiger partial charge in [-0.05, 0) is 37.6 Å². The lowest BCUT2D eigenvalue weighted by atomic mass is 10.2. The fourth-order valence-corrected chi connectivity index (χ4v) is 2.12. The molecule has 2 N–H and O–H groups in total. The number of hydrogen-bond acceptors (Lipinski definition) is 4. The molecule has 0 spiro atoms. The molecule has 1 aromatic rings. The quantitative estimate of drug-likeness (QED) is 0.494. The molecule has 24 heavy (non-hydrogen) atoms. The summed E-state index contributed by atoms with van der Waals surface area (Å²) in [6, 6.07) is 5.92. The van der Waals surface area contributed by atoms with Crippen LogP contribution in [-0.2, 0) is 14.3 Å². The summed E-state index contributed by atoms with van der Waals surface area (Å²) < 4.78 is 5.76. The minimum Gasteiger partial charge on any atom is -0.454 e. The molecule has 132 valence electrons. The number of hydrogen-bond donors (Lipinski definition) is 2. The van der Waals surface area contributed by atoms with E-state index in [9.17, 15) is 14.4 Å². The number of amides is 2. The Balaban J connectivity index is 2.32. The number of halogens is 1. The highest BCUT2D eigenvalue weighted by atomic mass is 79.9. The average molecular weight is 399 g/mol. The van der Waals surface area contributed by atoms with E-state index in [1.165, 1.54) is 6.92 Å². The highest BCUT2D eigenvalue weighted by Crippen LogP contribution is 2.10. The Morgan fingerprint density at radius 1 is 1.17 bits per heavy atom. The number of rotatable bonds is 9. The van der Waals surface area contributed by atoms with Gasteiger partial charge in [-0.15, -0.1) is 0 Å². The monoisotopic (exact) mass is 398 g/mol. The molecule has 0 unspecified atom stereocenters. The van der Waals surface area contributed by atoms with E-state index in [1.54, 1.807) is 24.3 Å². The second-order valence-corrected chi connectivity index (χ2v) is 6.28. The smallest absolute Gasteiger partial charge is 0.328 e. The third kappa shape index (κ3) is 7.59. The van der Waals surface area contributed by atoms with Crippen LogP contribution in [0.5, 0.6) is 0 Å². The van der Waals surface area contributed by atoms with Crippen molar-refractivity contribution in [3.8, 4) is 0 Å². The molecule has 0 aliphatic heterocycles. The van der Waals surface area contributed by atoms with Crippen LogP contribution in [0.4, 0.5) is 0 Å². The predicted molar refractivity (Wildman–Crippen MR) is 94.6 cm³/mol. The molecular weight excluding hydrogens is 376 g/mol. The molecule has 0 aromatic heterocycles. The molecule has 7 heteroatoms. The lowest BCUT2D eigenvalue weighted by Crippen LogP contribution is -2.41. The van der Waals surface area contributed by atoms with Crippen LogP contribution in [-0.4, -0.2) is 37.0 Å². The van der Waals surface area contributed by atoms with Crippen LogP contribution in [0.1, 0.15) is 43.5 Å². The van der Waals surface area contributed by atoms with Crippen molar-refractivity contribution in [3.05, 3.63) is 34.3 Å². The van der Waals surface area contributed by atoms with E-state index in [0.717, 1.165) is 23.7 Å². The van der Waals surface area contributed by atoms with E-state index in [-0.39, 0.29) is 18.4 Å². The summed E-state index contributed by atoms with van der Waals surface area (Å²) in [6.45, 7) is 3.81. The largest absolute Gasteiger partial charge is 0.454 e. The first-order valence-electron chi connectivity index (χ1n) is 7.93. The maximum absolute atomic E-state index is 12.0. The highest BCUT2D eigenvalue weighted by Gasteiger charge is 2.18. The second kappa shape index (κ2) is 10.8. The average Bonchev–Trinajstić information content (AvgIpc) is 2.57. The number of benzene rings is 1. The van der Waals surface area contributed by atoms with Crippen LogP contribution in [0.2, 0.25) is 0 Å². The van der Waals surface area contributed by atoms with Crippen molar-refractivity contribution in [2.45, 2.75) is 39.2 Å². The Labute approximate surface area is 150 Å². The number of ether oxygens (including phenoxy) is 1. The van der Waals surface area contributed by atoms with E-state index < -0.39 is 12.0 Å². The minimum absolute atomic E-state index is 0.342. The molecule has 0 heterocycles. The van der Waals surface area contributed by atoms with Crippen molar-refractivity contribution in [3.63, 3.8) is 0 Å². The number of nitrogens with one attached hydrogen (secondary N) is 2. The van der Waals surface area contributed by atoms with Gasteiger partial charge in [-0.1, -0.05) is 35.7 Å². The molecular formula is C17H23BrN2O4. The maximum atomic E-state index is 12.0. The highest BCUT2D eigenvalue weighted by molar-refractivity contribution is 9.10. The van der Waals surface area contributed by atoms with Crippen LogP contribution in [0.15, 0.2) is 28.7 Å².